The Kier molecular flexibility index (Phi) is 6.15. The van der Waals surface area contributed by atoms with Crippen LogP contribution >= 0.6 is 15.9 Å². The summed E-state index contributed by atoms with van der Waals surface area (Å²) >= 11 is 3.39. The van der Waals surface area contributed by atoms with E-state index in [-0.39, 0.29) is 23.4 Å². The summed E-state index contributed by atoms with van der Waals surface area (Å²) in [6.45, 7) is 1.61. The maximum Gasteiger partial charge on any atom is 0.243 e. The number of hydrogen-bond donors (Lipinski definition) is 1. The van der Waals surface area contributed by atoms with E-state index < -0.39 is 10.0 Å². The minimum Gasteiger partial charge on any atom is -0.348 e. The molecule has 1 atom stereocenters. The lowest BCUT2D eigenvalue weighted by Gasteiger charge is -2.19. The second-order valence-corrected chi connectivity index (χ2v) is 8.38. The fourth-order valence-corrected chi connectivity index (χ4v) is 3.77. The smallest absolute Gasteiger partial charge is 0.243 e. The van der Waals surface area contributed by atoms with E-state index in [1.165, 1.54) is 19.2 Å². The SMILES string of the molecule is CC(NC(=O)CN(C)S(=O)(=O)c1ccccc1)c1cccc(Br)c1. The van der Waals surface area contributed by atoms with Crippen molar-refractivity contribution in [2.45, 2.75) is 17.9 Å². The largest absolute Gasteiger partial charge is 0.348 e. The van der Waals surface area contributed by atoms with Gasteiger partial charge in [-0.05, 0) is 36.8 Å². The highest BCUT2D eigenvalue weighted by Crippen LogP contribution is 2.18. The third-order valence-corrected chi connectivity index (χ3v) is 5.85. The number of nitrogens with zero attached hydrogens (tertiary/aromatic N) is 1. The van der Waals surface area contributed by atoms with E-state index in [2.05, 4.69) is 21.2 Å². The molecule has 0 aliphatic carbocycles. The number of carbonyl (C=O) groups excluding carboxylic acids is 1. The predicted molar refractivity (Wildman–Crippen MR) is 97.0 cm³/mol. The highest BCUT2D eigenvalue weighted by atomic mass is 79.9. The molecule has 0 radical (unpaired) electrons. The zero-order valence-electron chi connectivity index (χ0n) is 13.4. The Bertz CT molecular complexity index is 810. The second-order valence-electron chi connectivity index (χ2n) is 5.42. The van der Waals surface area contributed by atoms with Gasteiger partial charge >= 0.3 is 0 Å². The van der Waals surface area contributed by atoms with Crippen LogP contribution in [0.3, 0.4) is 0 Å². The maximum absolute atomic E-state index is 12.4. The number of rotatable bonds is 6. The first-order valence-electron chi connectivity index (χ1n) is 7.37. The zero-order valence-corrected chi connectivity index (χ0v) is 15.8. The van der Waals surface area contributed by atoms with Crippen LogP contribution in [0.1, 0.15) is 18.5 Å². The van der Waals surface area contributed by atoms with E-state index in [1.807, 2.05) is 31.2 Å². The van der Waals surface area contributed by atoms with Crippen LogP contribution in [-0.2, 0) is 14.8 Å². The Labute approximate surface area is 150 Å². The predicted octanol–water partition coefficient (Wildman–Crippen LogP) is 2.95. The topological polar surface area (TPSA) is 66.5 Å². The Balaban J connectivity index is 2.01. The van der Waals surface area contributed by atoms with Crippen molar-refractivity contribution in [3.8, 4) is 0 Å². The van der Waals surface area contributed by atoms with E-state index in [9.17, 15) is 13.2 Å². The molecule has 7 heteroatoms. The van der Waals surface area contributed by atoms with Crippen molar-refractivity contribution in [1.29, 1.82) is 0 Å². The molecular weight excluding hydrogens is 392 g/mol. The average molecular weight is 411 g/mol. The van der Waals surface area contributed by atoms with Gasteiger partial charge in [-0.15, -0.1) is 0 Å². The van der Waals surface area contributed by atoms with Gasteiger partial charge in [0, 0.05) is 11.5 Å². The van der Waals surface area contributed by atoms with Gasteiger partial charge < -0.3 is 5.32 Å². The van der Waals surface area contributed by atoms with Crippen LogP contribution in [0, 0.1) is 0 Å². The van der Waals surface area contributed by atoms with Crippen molar-refractivity contribution in [1.82, 2.24) is 9.62 Å². The molecule has 1 unspecified atom stereocenters. The normalized spacial score (nSPS) is 12.8. The molecule has 5 nitrogen and oxygen atoms in total. The third kappa shape index (κ3) is 4.66. The molecular formula is C17H19BrN2O3S. The summed E-state index contributed by atoms with van der Waals surface area (Å²) in [7, 11) is -2.28. The van der Waals surface area contributed by atoms with E-state index in [4.69, 9.17) is 0 Å². The summed E-state index contributed by atoms with van der Waals surface area (Å²) < 4.78 is 26.8. The van der Waals surface area contributed by atoms with Gasteiger partial charge in [-0.1, -0.05) is 46.3 Å². The third-order valence-electron chi connectivity index (χ3n) is 3.54. The van der Waals surface area contributed by atoms with Gasteiger partial charge in [-0.2, -0.15) is 4.31 Å². The number of amides is 1. The molecule has 0 aromatic heterocycles. The van der Waals surface area contributed by atoms with Crippen molar-refractivity contribution in [3.63, 3.8) is 0 Å². The van der Waals surface area contributed by atoms with Gasteiger partial charge in [-0.25, -0.2) is 8.42 Å². The highest BCUT2D eigenvalue weighted by Gasteiger charge is 2.23. The molecule has 0 saturated carbocycles. The van der Waals surface area contributed by atoms with Crippen molar-refractivity contribution in [2.75, 3.05) is 13.6 Å². The zero-order chi connectivity index (χ0) is 17.7. The molecule has 128 valence electrons. The fraction of sp³-hybridized carbons (Fsp3) is 0.235. The van der Waals surface area contributed by atoms with Gasteiger partial charge in [0.15, 0.2) is 0 Å². The molecule has 0 heterocycles. The van der Waals surface area contributed by atoms with Crippen LogP contribution < -0.4 is 5.32 Å². The fourth-order valence-electron chi connectivity index (χ4n) is 2.21. The molecule has 1 N–H and O–H groups in total. The summed E-state index contributed by atoms with van der Waals surface area (Å²) in [6, 6.07) is 15.4. The lowest BCUT2D eigenvalue weighted by Crippen LogP contribution is -2.39. The Morgan fingerprint density at radius 1 is 1.17 bits per heavy atom. The number of hydrogen-bond acceptors (Lipinski definition) is 3. The number of sulfonamides is 1. The van der Waals surface area contributed by atoms with Crippen LogP contribution in [0.4, 0.5) is 0 Å². The van der Waals surface area contributed by atoms with E-state index in [0.29, 0.717) is 0 Å². The minimum atomic E-state index is -3.68. The van der Waals surface area contributed by atoms with E-state index in [0.717, 1.165) is 14.3 Å². The summed E-state index contributed by atoms with van der Waals surface area (Å²) in [6.07, 6.45) is 0. The minimum absolute atomic E-state index is 0.167. The summed E-state index contributed by atoms with van der Waals surface area (Å²) in [5.74, 6) is -0.357. The quantitative estimate of drug-likeness (QED) is 0.795. The molecule has 24 heavy (non-hydrogen) atoms. The van der Waals surface area contributed by atoms with Crippen molar-refractivity contribution in [2.24, 2.45) is 0 Å². The van der Waals surface area contributed by atoms with E-state index >= 15 is 0 Å². The molecule has 2 rings (SSSR count). The summed E-state index contributed by atoms with van der Waals surface area (Å²) in [5, 5.41) is 2.81. The van der Waals surface area contributed by atoms with Gasteiger partial charge in [0.05, 0.1) is 17.5 Å². The van der Waals surface area contributed by atoms with Gasteiger partial charge in [0.25, 0.3) is 0 Å². The number of nitrogens with one attached hydrogen (secondary N) is 1. The molecule has 0 spiro atoms. The summed E-state index contributed by atoms with van der Waals surface area (Å²) in [5.41, 5.74) is 0.936. The molecule has 0 bridgehead atoms. The number of halogens is 1. The number of benzene rings is 2. The lowest BCUT2D eigenvalue weighted by atomic mass is 10.1. The summed E-state index contributed by atoms with van der Waals surface area (Å²) in [4.78, 5) is 12.3. The van der Waals surface area contributed by atoms with Crippen LogP contribution in [0.25, 0.3) is 0 Å². The Morgan fingerprint density at radius 2 is 1.83 bits per heavy atom. The van der Waals surface area contributed by atoms with Crippen LogP contribution in [0.15, 0.2) is 64.0 Å². The monoisotopic (exact) mass is 410 g/mol. The van der Waals surface area contributed by atoms with Gasteiger partial charge in [-0.3, -0.25) is 4.79 Å². The van der Waals surface area contributed by atoms with Crippen molar-refractivity contribution >= 4 is 31.9 Å². The first-order valence-corrected chi connectivity index (χ1v) is 9.60. The molecule has 0 aliphatic heterocycles. The molecule has 0 aliphatic rings. The number of likely N-dealkylation sites (N-methyl/N-ethyl adjacent to an activating group) is 1. The maximum atomic E-state index is 12.4. The van der Waals surface area contributed by atoms with E-state index in [1.54, 1.807) is 18.2 Å². The standard InChI is InChI=1S/C17H19BrN2O3S/c1-13(14-7-6-8-15(18)11-14)19-17(21)12-20(2)24(22,23)16-9-4-3-5-10-16/h3-11,13H,12H2,1-2H3,(H,19,21). The average Bonchev–Trinajstić information content (AvgIpc) is 2.55. The molecule has 2 aromatic rings. The van der Waals surface area contributed by atoms with Gasteiger partial charge in [0.1, 0.15) is 0 Å². The first-order chi connectivity index (χ1) is 11.3. The number of carbonyl (C=O) groups is 1. The van der Waals surface area contributed by atoms with Gasteiger partial charge in [0.2, 0.25) is 15.9 Å². The Hall–Kier alpha value is -1.70. The lowest BCUT2D eigenvalue weighted by molar-refractivity contribution is -0.121. The second kappa shape index (κ2) is 7.92. The highest BCUT2D eigenvalue weighted by molar-refractivity contribution is 9.10. The van der Waals surface area contributed by atoms with Crippen molar-refractivity contribution in [3.05, 3.63) is 64.6 Å². The molecule has 1 amide bonds. The van der Waals surface area contributed by atoms with Crippen LogP contribution in [-0.4, -0.2) is 32.2 Å². The first kappa shape index (κ1) is 18.6. The molecule has 0 fully saturated rings. The molecule has 0 saturated heterocycles. The van der Waals surface area contributed by atoms with Crippen molar-refractivity contribution < 1.29 is 13.2 Å². The molecule has 2 aromatic carbocycles. The van der Waals surface area contributed by atoms with Crippen LogP contribution in [0.5, 0.6) is 0 Å². The van der Waals surface area contributed by atoms with Crippen LogP contribution in [0.2, 0.25) is 0 Å². The Morgan fingerprint density at radius 3 is 2.46 bits per heavy atom.